The van der Waals surface area contributed by atoms with E-state index < -0.39 is 0 Å². The van der Waals surface area contributed by atoms with Gasteiger partial charge in [-0.15, -0.1) is 0 Å². The summed E-state index contributed by atoms with van der Waals surface area (Å²) in [5, 5.41) is 3.19. The number of hydrogen-bond donors (Lipinski definition) is 1. The average molecular weight is 271 g/mol. The van der Waals surface area contributed by atoms with Crippen LogP contribution in [0.15, 0.2) is 42.5 Å². The number of benzene rings is 2. The Kier molecular flexibility index (Phi) is 3.70. The molecule has 20 heavy (non-hydrogen) atoms. The molecule has 0 fully saturated rings. The highest BCUT2D eigenvalue weighted by Crippen LogP contribution is 2.28. The molecular weight excluding hydrogens is 253 g/mol. The minimum atomic E-state index is -0.214. The van der Waals surface area contributed by atoms with Crippen molar-refractivity contribution in [1.29, 1.82) is 0 Å². The Bertz CT molecular complexity index is 591. The maximum atomic E-state index is 13.8. The third-order valence-corrected chi connectivity index (χ3v) is 3.78. The molecule has 3 heteroatoms. The first-order valence-corrected chi connectivity index (χ1v) is 6.94. The monoisotopic (exact) mass is 271 g/mol. The second kappa shape index (κ2) is 5.63. The van der Waals surface area contributed by atoms with Crippen LogP contribution in [0.2, 0.25) is 0 Å². The van der Waals surface area contributed by atoms with E-state index in [1.165, 1.54) is 17.2 Å². The minimum Gasteiger partial charge on any atom is -0.379 e. The van der Waals surface area contributed by atoms with Crippen molar-refractivity contribution >= 4 is 5.69 Å². The molecule has 1 N–H and O–H groups in total. The molecule has 2 aromatic rings. The molecule has 0 bridgehead atoms. The molecule has 0 aliphatic carbocycles. The van der Waals surface area contributed by atoms with E-state index in [2.05, 4.69) is 23.5 Å². The van der Waals surface area contributed by atoms with Gasteiger partial charge in [-0.05, 0) is 36.1 Å². The highest BCUT2D eigenvalue weighted by atomic mass is 19.1. The fraction of sp³-hybridized carbons (Fsp3) is 0.294. The third kappa shape index (κ3) is 2.54. The Morgan fingerprint density at radius 3 is 2.90 bits per heavy atom. The Morgan fingerprint density at radius 2 is 2.05 bits per heavy atom. The van der Waals surface area contributed by atoms with E-state index in [1.807, 2.05) is 19.1 Å². The lowest BCUT2D eigenvalue weighted by atomic mass is 9.97. The van der Waals surface area contributed by atoms with Crippen molar-refractivity contribution in [3.63, 3.8) is 0 Å². The topological polar surface area (TPSA) is 21.3 Å². The van der Waals surface area contributed by atoms with Crippen molar-refractivity contribution in [3.05, 3.63) is 65.0 Å². The first-order valence-electron chi connectivity index (χ1n) is 6.94. The van der Waals surface area contributed by atoms with E-state index >= 15 is 0 Å². The van der Waals surface area contributed by atoms with Gasteiger partial charge in [0.25, 0.3) is 0 Å². The highest BCUT2D eigenvalue weighted by molar-refractivity contribution is 5.52. The Balaban J connectivity index is 1.77. The van der Waals surface area contributed by atoms with Crippen molar-refractivity contribution in [1.82, 2.24) is 0 Å². The van der Waals surface area contributed by atoms with E-state index in [1.54, 1.807) is 6.07 Å². The van der Waals surface area contributed by atoms with Crippen molar-refractivity contribution in [3.8, 4) is 0 Å². The predicted molar refractivity (Wildman–Crippen MR) is 78.5 cm³/mol. The molecule has 0 spiro atoms. The second-order valence-electron chi connectivity index (χ2n) is 5.12. The first-order chi connectivity index (χ1) is 9.75. The van der Waals surface area contributed by atoms with Crippen LogP contribution >= 0.6 is 0 Å². The Hall–Kier alpha value is -1.87. The van der Waals surface area contributed by atoms with E-state index in [9.17, 15) is 4.39 Å². The number of para-hydroxylation sites is 1. The molecule has 1 aliphatic heterocycles. The zero-order valence-corrected chi connectivity index (χ0v) is 11.5. The van der Waals surface area contributed by atoms with Crippen LogP contribution in [0.1, 0.15) is 22.8 Å². The maximum Gasteiger partial charge on any atom is 0.146 e. The van der Waals surface area contributed by atoms with Crippen LogP contribution in [0.3, 0.4) is 0 Å². The molecule has 1 unspecified atom stereocenters. The fourth-order valence-electron chi connectivity index (χ4n) is 2.70. The van der Waals surface area contributed by atoms with Crippen LogP contribution in [-0.2, 0) is 11.2 Å². The number of ether oxygens (including phenoxy) is 1. The van der Waals surface area contributed by atoms with Crippen LogP contribution in [0.4, 0.5) is 10.1 Å². The van der Waals surface area contributed by atoms with Gasteiger partial charge < -0.3 is 10.1 Å². The van der Waals surface area contributed by atoms with Crippen molar-refractivity contribution in [2.75, 3.05) is 18.5 Å². The van der Waals surface area contributed by atoms with Crippen molar-refractivity contribution < 1.29 is 9.13 Å². The maximum absolute atomic E-state index is 13.8. The summed E-state index contributed by atoms with van der Waals surface area (Å²) in [6, 6.07) is 13.4. The number of rotatable bonds is 3. The van der Waals surface area contributed by atoms with Gasteiger partial charge in [0.1, 0.15) is 5.82 Å². The van der Waals surface area contributed by atoms with Crippen molar-refractivity contribution in [2.24, 2.45) is 0 Å². The van der Waals surface area contributed by atoms with Gasteiger partial charge in [-0.25, -0.2) is 4.39 Å². The van der Waals surface area contributed by atoms with Crippen LogP contribution in [0, 0.1) is 12.7 Å². The quantitative estimate of drug-likeness (QED) is 0.915. The average Bonchev–Trinajstić information content (AvgIpc) is 2.47. The van der Waals surface area contributed by atoms with Gasteiger partial charge >= 0.3 is 0 Å². The molecule has 3 rings (SSSR count). The SMILES string of the molecule is Cc1cccc(F)c1NCC1OCCc2ccccc21. The summed E-state index contributed by atoms with van der Waals surface area (Å²) in [6.07, 6.45) is 0.935. The largest absolute Gasteiger partial charge is 0.379 e. The molecule has 1 atom stereocenters. The normalized spacial score (nSPS) is 17.6. The minimum absolute atomic E-state index is 0.0149. The summed E-state index contributed by atoms with van der Waals surface area (Å²) in [7, 11) is 0. The van der Waals surface area contributed by atoms with Gasteiger partial charge in [-0.1, -0.05) is 36.4 Å². The number of anilines is 1. The lowest BCUT2D eigenvalue weighted by Gasteiger charge is -2.27. The summed E-state index contributed by atoms with van der Waals surface area (Å²) < 4.78 is 19.6. The molecule has 0 saturated heterocycles. The summed E-state index contributed by atoms with van der Waals surface area (Å²) in [4.78, 5) is 0. The van der Waals surface area contributed by atoms with Crippen LogP contribution in [0.5, 0.6) is 0 Å². The lowest BCUT2D eigenvalue weighted by molar-refractivity contribution is 0.0513. The molecule has 0 saturated carbocycles. The van der Waals surface area contributed by atoms with Gasteiger partial charge in [-0.3, -0.25) is 0 Å². The number of hydrogen-bond acceptors (Lipinski definition) is 2. The van der Waals surface area contributed by atoms with Crippen LogP contribution in [0.25, 0.3) is 0 Å². The number of fused-ring (bicyclic) bond motifs is 1. The molecule has 2 aromatic carbocycles. The standard InChI is InChI=1S/C17H18FNO/c1-12-5-4-8-15(18)17(12)19-11-16-14-7-3-2-6-13(14)9-10-20-16/h2-8,16,19H,9-11H2,1H3. The van der Waals surface area contributed by atoms with Gasteiger partial charge in [-0.2, -0.15) is 0 Å². The molecule has 0 amide bonds. The Labute approximate surface area is 118 Å². The van der Waals surface area contributed by atoms with Crippen molar-refractivity contribution in [2.45, 2.75) is 19.4 Å². The molecule has 104 valence electrons. The molecule has 2 nitrogen and oxygen atoms in total. The lowest BCUT2D eigenvalue weighted by Crippen LogP contribution is -2.23. The summed E-state index contributed by atoms with van der Waals surface area (Å²) in [6.45, 7) is 3.21. The molecule has 1 heterocycles. The molecular formula is C17H18FNO. The highest BCUT2D eigenvalue weighted by Gasteiger charge is 2.20. The zero-order chi connectivity index (χ0) is 13.9. The van der Waals surface area contributed by atoms with Crippen LogP contribution in [-0.4, -0.2) is 13.2 Å². The van der Waals surface area contributed by atoms with E-state index in [-0.39, 0.29) is 11.9 Å². The molecule has 1 aliphatic rings. The summed E-state index contributed by atoms with van der Waals surface area (Å²) in [5.74, 6) is -0.214. The van der Waals surface area contributed by atoms with Gasteiger partial charge in [0.15, 0.2) is 0 Å². The number of halogens is 1. The van der Waals surface area contributed by atoms with E-state index in [0.29, 0.717) is 12.2 Å². The third-order valence-electron chi connectivity index (χ3n) is 3.78. The predicted octanol–water partition coefficient (Wildman–Crippen LogP) is 3.86. The first kappa shape index (κ1) is 13.1. The van der Waals surface area contributed by atoms with Crippen LogP contribution < -0.4 is 5.32 Å². The van der Waals surface area contributed by atoms with Gasteiger partial charge in [0, 0.05) is 6.54 Å². The molecule has 0 radical (unpaired) electrons. The number of nitrogens with one attached hydrogen (secondary N) is 1. The summed E-state index contributed by atoms with van der Waals surface area (Å²) >= 11 is 0. The summed E-state index contributed by atoms with van der Waals surface area (Å²) in [5.41, 5.74) is 4.02. The second-order valence-corrected chi connectivity index (χ2v) is 5.12. The molecule has 0 aromatic heterocycles. The fourth-order valence-corrected chi connectivity index (χ4v) is 2.70. The van der Waals surface area contributed by atoms with Gasteiger partial charge in [0.2, 0.25) is 0 Å². The zero-order valence-electron chi connectivity index (χ0n) is 11.5. The number of aryl methyl sites for hydroxylation is 1. The smallest absolute Gasteiger partial charge is 0.146 e. The van der Waals surface area contributed by atoms with E-state index in [4.69, 9.17) is 4.74 Å². The van der Waals surface area contributed by atoms with E-state index in [0.717, 1.165) is 18.6 Å². The van der Waals surface area contributed by atoms with Gasteiger partial charge in [0.05, 0.1) is 18.4 Å². The Morgan fingerprint density at radius 1 is 1.20 bits per heavy atom.